The second kappa shape index (κ2) is 3.71. The van der Waals surface area contributed by atoms with E-state index >= 15 is 0 Å². The molecule has 0 aliphatic rings. The Hall–Kier alpha value is -0.260. The molecule has 46 valence electrons. The Morgan fingerprint density at radius 2 is 2.25 bits per heavy atom. The first kappa shape index (κ1) is 7.74. The van der Waals surface area contributed by atoms with E-state index in [1.807, 2.05) is 6.07 Å². The molecular formula is C5H9ClN2. The minimum atomic E-state index is -0.222. The van der Waals surface area contributed by atoms with Gasteiger partial charge in [-0.1, -0.05) is 0 Å². The molecule has 0 radical (unpaired) electrons. The fourth-order valence-electron chi connectivity index (χ4n) is 0.315. The predicted octanol–water partition coefficient (Wildman–Crippen LogP) is 0.930. The maximum atomic E-state index is 8.26. The van der Waals surface area contributed by atoms with E-state index in [4.69, 9.17) is 16.9 Å². The fourth-order valence-corrected chi connectivity index (χ4v) is 0.372. The van der Waals surface area contributed by atoms with Crippen molar-refractivity contribution in [2.45, 2.75) is 12.4 Å². The molecule has 0 aromatic carbocycles. The highest BCUT2D eigenvalue weighted by Crippen LogP contribution is 2.03. The molecule has 1 N–H and O–H groups in total. The predicted molar refractivity (Wildman–Crippen MR) is 33.5 cm³/mol. The van der Waals surface area contributed by atoms with Gasteiger partial charge >= 0.3 is 0 Å². The fraction of sp³-hybridized carbons (Fsp3) is 0.800. The Kier molecular flexibility index (Phi) is 3.59. The van der Waals surface area contributed by atoms with Gasteiger partial charge in [0.2, 0.25) is 0 Å². The smallest absolute Gasteiger partial charge is 0.0980 e. The third kappa shape index (κ3) is 2.15. The summed E-state index contributed by atoms with van der Waals surface area (Å²) < 4.78 is 0. The first-order chi connectivity index (χ1) is 3.72. The van der Waals surface area contributed by atoms with E-state index in [0.29, 0.717) is 0 Å². The highest BCUT2D eigenvalue weighted by atomic mass is 35.5. The zero-order valence-corrected chi connectivity index (χ0v) is 5.74. The van der Waals surface area contributed by atoms with Gasteiger partial charge in [-0.05, 0) is 14.0 Å². The number of hydrogen-bond donors (Lipinski definition) is 1. The van der Waals surface area contributed by atoms with Crippen LogP contribution >= 0.6 is 11.6 Å². The summed E-state index contributed by atoms with van der Waals surface area (Å²) in [5.74, 6) is -0.123. The van der Waals surface area contributed by atoms with Crippen molar-refractivity contribution in [3.63, 3.8) is 0 Å². The van der Waals surface area contributed by atoms with Gasteiger partial charge in [-0.2, -0.15) is 5.26 Å². The first-order valence-electron chi connectivity index (χ1n) is 2.43. The number of nitrogens with zero attached hydrogens (tertiary/aromatic N) is 1. The summed E-state index contributed by atoms with van der Waals surface area (Å²) in [6.07, 6.45) is 0. The lowest BCUT2D eigenvalue weighted by Gasteiger charge is -2.07. The van der Waals surface area contributed by atoms with Crippen molar-refractivity contribution < 1.29 is 0 Å². The molecule has 0 bridgehead atoms. The molecule has 0 amide bonds. The minimum Gasteiger partial charge on any atom is -0.303 e. The van der Waals surface area contributed by atoms with Crippen molar-refractivity contribution in [2.75, 3.05) is 7.05 Å². The molecule has 0 saturated heterocycles. The van der Waals surface area contributed by atoms with Crippen LogP contribution in [0.25, 0.3) is 0 Å². The molecule has 0 aromatic heterocycles. The highest BCUT2D eigenvalue weighted by Gasteiger charge is 2.08. The van der Waals surface area contributed by atoms with E-state index in [1.165, 1.54) is 0 Å². The van der Waals surface area contributed by atoms with Crippen LogP contribution in [-0.2, 0) is 0 Å². The van der Waals surface area contributed by atoms with Gasteiger partial charge in [-0.3, -0.25) is 0 Å². The molecule has 0 aliphatic carbocycles. The molecule has 3 heteroatoms. The molecule has 2 atom stereocenters. The van der Waals surface area contributed by atoms with Crippen LogP contribution in [0.5, 0.6) is 0 Å². The Labute approximate surface area is 54.4 Å². The molecule has 0 aromatic rings. The van der Waals surface area contributed by atoms with Gasteiger partial charge in [0, 0.05) is 0 Å². The van der Waals surface area contributed by atoms with Crippen LogP contribution in [0.2, 0.25) is 0 Å². The Morgan fingerprint density at radius 3 is 2.38 bits per heavy atom. The average molecular weight is 133 g/mol. The summed E-state index contributed by atoms with van der Waals surface area (Å²) in [6.45, 7) is 1.77. The highest BCUT2D eigenvalue weighted by molar-refractivity contribution is 6.20. The number of alkyl halides is 1. The van der Waals surface area contributed by atoms with Crippen LogP contribution in [0.15, 0.2) is 0 Å². The maximum Gasteiger partial charge on any atom is 0.0980 e. The van der Waals surface area contributed by atoms with Gasteiger partial charge < -0.3 is 5.32 Å². The van der Waals surface area contributed by atoms with Crippen LogP contribution in [0.3, 0.4) is 0 Å². The van der Waals surface area contributed by atoms with Crippen molar-refractivity contribution in [3.05, 3.63) is 0 Å². The molecule has 8 heavy (non-hydrogen) atoms. The van der Waals surface area contributed by atoms with Crippen molar-refractivity contribution in [2.24, 2.45) is 5.92 Å². The SMILES string of the molecule is CN[C@H](Cl)C(C)C#N. The number of rotatable bonds is 2. The van der Waals surface area contributed by atoms with Gasteiger partial charge in [-0.15, -0.1) is 11.6 Å². The number of halogens is 1. The van der Waals surface area contributed by atoms with Crippen molar-refractivity contribution in [1.29, 1.82) is 5.26 Å². The Bertz CT molecular complexity index is 97.1. The molecule has 0 heterocycles. The lowest BCUT2D eigenvalue weighted by atomic mass is 10.2. The molecule has 0 spiro atoms. The largest absolute Gasteiger partial charge is 0.303 e. The van der Waals surface area contributed by atoms with E-state index < -0.39 is 0 Å². The van der Waals surface area contributed by atoms with Crippen LogP contribution in [0.4, 0.5) is 0 Å². The van der Waals surface area contributed by atoms with Gasteiger partial charge in [0.15, 0.2) is 0 Å². The lowest BCUT2D eigenvalue weighted by Crippen LogP contribution is -2.24. The topological polar surface area (TPSA) is 35.8 Å². The quantitative estimate of drug-likeness (QED) is 0.448. The second-order valence-electron chi connectivity index (χ2n) is 1.61. The number of nitrogens with one attached hydrogen (secondary N) is 1. The van der Waals surface area contributed by atoms with Crippen LogP contribution in [0.1, 0.15) is 6.92 Å². The van der Waals surface area contributed by atoms with E-state index in [-0.39, 0.29) is 11.4 Å². The summed E-state index contributed by atoms with van der Waals surface area (Å²) in [7, 11) is 1.73. The van der Waals surface area contributed by atoms with Gasteiger partial charge in [-0.25, -0.2) is 0 Å². The Balaban J connectivity index is 3.49. The molecule has 0 aliphatic heterocycles. The normalized spacial score (nSPS) is 16.8. The van der Waals surface area contributed by atoms with Gasteiger partial charge in [0.05, 0.1) is 17.5 Å². The molecule has 0 saturated carbocycles. The number of hydrogen-bond acceptors (Lipinski definition) is 2. The molecule has 2 nitrogen and oxygen atoms in total. The third-order valence-electron chi connectivity index (χ3n) is 0.918. The van der Waals surface area contributed by atoms with Gasteiger partial charge in [0.25, 0.3) is 0 Å². The van der Waals surface area contributed by atoms with Crippen LogP contribution < -0.4 is 5.32 Å². The van der Waals surface area contributed by atoms with Crippen LogP contribution in [-0.4, -0.2) is 12.5 Å². The van der Waals surface area contributed by atoms with Crippen molar-refractivity contribution >= 4 is 11.6 Å². The average Bonchev–Trinajstić information content (AvgIpc) is 1.84. The summed E-state index contributed by atoms with van der Waals surface area (Å²) in [6, 6.07) is 2.02. The van der Waals surface area contributed by atoms with E-state index in [2.05, 4.69) is 5.32 Å². The van der Waals surface area contributed by atoms with Crippen LogP contribution in [0, 0.1) is 17.2 Å². The van der Waals surface area contributed by atoms with Gasteiger partial charge in [0.1, 0.15) is 0 Å². The standard InChI is InChI=1S/C5H9ClN2/c1-4(3-7)5(6)8-2/h4-5,8H,1-2H3/t4?,5-/m0/s1. The summed E-state index contributed by atoms with van der Waals surface area (Å²) in [4.78, 5) is 0. The minimum absolute atomic E-state index is 0.123. The summed E-state index contributed by atoms with van der Waals surface area (Å²) in [5, 5.41) is 11.0. The molecular weight excluding hydrogens is 124 g/mol. The second-order valence-corrected chi connectivity index (χ2v) is 2.08. The third-order valence-corrected chi connectivity index (χ3v) is 1.51. The van der Waals surface area contributed by atoms with E-state index in [9.17, 15) is 0 Å². The zero-order chi connectivity index (χ0) is 6.57. The van der Waals surface area contributed by atoms with Crippen molar-refractivity contribution in [1.82, 2.24) is 5.32 Å². The summed E-state index contributed by atoms with van der Waals surface area (Å²) >= 11 is 5.58. The zero-order valence-electron chi connectivity index (χ0n) is 4.98. The van der Waals surface area contributed by atoms with E-state index in [0.717, 1.165) is 0 Å². The first-order valence-corrected chi connectivity index (χ1v) is 2.87. The monoisotopic (exact) mass is 132 g/mol. The van der Waals surface area contributed by atoms with Crippen molar-refractivity contribution in [3.8, 4) is 6.07 Å². The maximum absolute atomic E-state index is 8.26. The molecule has 0 rings (SSSR count). The summed E-state index contributed by atoms with van der Waals surface area (Å²) in [5.41, 5.74) is -0.222. The molecule has 0 fully saturated rings. The lowest BCUT2D eigenvalue weighted by molar-refractivity contribution is 0.604. The van der Waals surface area contributed by atoms with E-state index in [1.54, 1.807) is 14.0 Å². The molecule has 1 unspecified atom stereocenters. The number of nitriles is 1. The Morgan fingerprint density at radius 1 is 1.75 bits per heavy atom.